The van der Waals surface area contributed by atoms with Crippen LogP contribution in [0.25, 0.3) is 16.6 Å². The molecule has 5 N–H and O–H groups in total. The third-order valence-electron chi connectivity index (χ3n) is 4.84. The van der Waals surface area contributed by atoms with Crippen LogP contribution in [0.5, 0.6) is 0 Å². The maximum absolute atomic E-state index is 14.7. The highest BCUT2D eigenvalue weighted by atomic mass is 35.5. The maximum Gasteiger partial charge on any atom is 0.267 e. The van der Waals surface area contributed by atoms with Crippen LogP contribution in [0, 0.1) is 23.0 Å². The third kappa shape index (κ3) is 3.77. The number of hydrogen-bond donors (Lipinski definition) is 3. The average Bonchev–Trinajstić information content (AvgIpc) is 2.74. The summed E-state index contributed by atoms with van der Waals surface area (Å²) in [5.41, 5.74) is 10.1. The Morgan fingerprint density at radius 1 is 1.12 bits per heavy atom. The molecule has 4 rings (SSSR count). The van der Waals surface area contributed by atoms with Crippen LogP contribution in [0.2, 0.25) is 5.02 Å². The van der Waals surface area contributed by atoms with Crippen molar-refractivity contribution in [1.29, 1.82) is 5.26 Å². The van der Waals surface area contributed by atoms with E-state index in [-0.39, 0.29) is 44.9 Å². The van der Waals surface area contributed by atoms with Crippen LogP contribution < -0.4 is 22.3 Å². The second-order valence-electron chi connectivity index (χ2n) is 6.98. The second-order valence-corrected chi connectivity index (χ2v) is 7.39. The number of nitrogens with zero attached hydrogens (tertiary/aromatic N) is 5. The Morgan fingerprint density at radius 2 is 1.79 bits per heavy atom. The van der Waals surface area contributed by atoms with Crippen molar-refractivity contribution in [2.45, 2.75) is 13.0 Å². The van der Waals surface area contributed by atoms with Crippen LogP contribution in [0.15, 0.2) is 41.2 Å². The van der Waals surface area contributed by atoms with E-state index in [0.717, 1.165) is 16.7 Å². The van der Waals surface area contributed by atoms with Crippen LogP contribution >= 0.6 is 11.6 Å². The zero-order valence-corrected chi connectivity index (χ0v) is 17.7. The first kappa shape index (κ1) is 21.9. The lowest BCUT2D eigenvalue weighted by Crippen LogP contribution is -2.29. The third-order valence-corrected chi connectivity index (χ3v) is 5.16. The van der Waals surface area contributed by atoms with E-state index in [4.69, 9.17) is 23.1 Å². The van der Waals surface area contributed by atoms with E-state index in [1.807, 2.05) is 6.07 Å². The van der Waals surface area contributed by atoms with E-state index >= 15 is 0 Å². The van der Waals surface area contributed by atoms with Crippen molar-refractivity contribution in [3.63, 3.8) is 0 Å². The van der Waals surface area contributed by atoms with Gasteiger partial charge in [-0.3, -0.25) is 9.36 Å². The molecule has 2 aromatic heterocycles. The van der Waals surface area contributed by atoms with Crippen molar-refractivity contribution >= 4 is 40.1 Å². The molecule has 0 aliphatic carbocycles. The number of nitrogen functional groups attached to an aromatic ring is 2. The van der Waals surface area contributed by atoms with E-state index in [9.17, 15) is 18.8 Å². The normalized spacial score (nSPS) is 11.8. The molecule has 1 unspecified atom stereocenters. The molecule has 2 heterocycles. The standard InChI is InChI=1S/C21H15ClF2N8O/c1-9(28-18-10(8-25)17(26)30-21(27)31-18)19-29-14-7-2-4-11(22)15(14)20(33)32(19)16-12(23)5-3-6-13(16)24/h2-7,9H,1H3,(H5,26,27,28,30,31). The first-order chi connectivity index (χ1) is 15.7. The molecule has 0 radical (unpaired) electrons. The van der Waals surface area contributed by atoms with E-state index in [2.05, 4.69) is 20.3 Å². The molecule has 0 bridgehead atoms. The van der Waals surface area contributed by atoms with Gasteiger partial charge in [-0.2, -0.15) is 15.2 Å². The summed E-state index contributed by atoms with van der Waals surface area (Å²) in [5.74, 6) is -2.42. The van der Waals surface area contributed by atoms with Gasteiger partial charge in [-0.05, 0) is 31.2 Å². The molecule has 1 atom stereocenters. The number of para-hydroxylation sites is 1. The molecule has 0 amide bonds. The van der Waals surface area contributed by atoms with Gasteiger partial charge in [0.2, 0.25) is 5.95 Å². The number of anilines is 3. The first-order valence-corrected chi connectivity index (χ1v) is 9.86. The summed E-state index contributed by atoms with van der Waals surface area (Å²) in [7, 11) is 0. The quantitative estimate of drug-likeness (QED) is 0.413. The van der Waals surface area contributed by atoms with E-state index in [1.54, 1.807) is 19.1 Å². The summed E-state index contributed by atoms with van der Waals surface area (Å²) in [6.07, 6.45) is 0. The second kappa shape index (κ2) is 8.33. The number of benzene rings is 2. The van der Waals surface area contributed by atoms with Crippen molar-refractivity contribution in [3.8, 4) is 11.8 Å². The maximum atomic E-state index is 14.7. The lowest BCUT2D eigenvalue weighted by Gasteiger charge is -2.21. The summed E-state index contributed by atoms with van der Waals surface area (Å²) in [4.78, 5) is 25.6. The fourth-order valence-corrected chi connectivity index (χ4v) is 3.65. The fraction of sp³-hybridized carbons (Fsp3) is 0.0952. The Hall–Kier alpha value is -4.30. The Bertz CT molecular complexity index is 1500. The number of nitrogens with two attached hydrogens (primary N) is 2. The monoisotopic (exact) mass is 468 g/mol. The highest BCUT2D eigenvalue weighted by Crippen LogP contribution is 2.28. The molecular weight excluding hydrogens is 454 g/mol. The Balaban J connectivity index is 2.00. The van der Waals surface area contributed by atoms with Gasteiger partial charge in [0.05, 0.1) is 22.0 Å². The average molecular weight is 469 g/mol. The van der Waals surface area contributed by atoms with Crippen molar-refractivity contribution in [2.75, 3.05) is 16.8 Å². The number of hydrogen-bond acceptors (Lipinski definition) is 8. The Kier molecular flexibility index (Phi) is 5.53. The predicted molar refractivity (Wildman–Crippen MR) is 120 cm³/mol. The van der Waals surface area contributed by atoms with Crippen molar-refractivity contribution < 1.29 is 8.78 Å². The minimum atomic E-state index is -0.980. The van der Waals surface area contributed by atoms with Gasteiger partial charge in [0.25, 0.3) is 5.56 Å². The van der Waals surface area contributed by atoms with Gasteiger partial charge in [0.15, 0.2) is 5.82 Å². The summed E-state index contributed by atoms with van der Waals surface area (Å²) in [5, 5.41) is 12.4. The van der Waals surface area contributed by atoms with Crippen molar-refractivity contribution in [1.82, 2.24) is 19.5 Å². The summed E-state index contributed by atoms with van der Waals surface area (Å²) >= 11 is 6.20. The van der Waals surface area contributed by atoms with E-state index in [1.165, 1.54) is 12.1 Å². The molecule has 166 valence electrons. The number of rotatable bonds is 4. The van der Waals surface area contributed by atoms with Gasteiger partial charge in [0, 0.05) is 0 Å². The van der Waals surface area contributed by atoms with Gasteiger partial charge in [-0.15, -0.1) is 0 Å². The molecule has 33 heavy (non-hydrogen) atoms. The van der Waals surface area contributed by atoms with Crippen LogP contribution in [0.4, 0.5) is 26.4 Å². The topological polar surface area (TPSA) is 149 Å². The van der Waals surface area contributed by atoms with Gasteiger partial charge >= 0.3 is 0 Å². The van der Waals surface area contributed by atoms with Crippen LogP contribution in [0.1, 0.15) is 24.4 Å². The zero-order valence-electron chi connectivity index (χ0n) is 17.0. The highest BCUT2D eigenvalue weighted by Gasteiger charge is 2.24. The molecule has 4 aromatic rings. The van der Waals surface area contributed by atoms with Crippen LogP contribution in [-0.4, -0.2) is 19.5 Å². The zero-order chi connectivity index (χ0) is 23.9. The predicted octanol–water partition coefficient (Wildman–Crippen LogP) is 3.32. The fourth-order valence-electron chi connectivity index (χ4n) is 3.40. The number of aromatic nitrogens is 4. The first-order valence-electron chi connectivity index (χ1n) is 9.48. The van der Waals surface area contributed by atoms with Gasteiger partial charge in [0.1, 0.15) is 40.6 Å². The minimum Gasteiger partial charge on any atom is -0.382 e. The largest absolute Gasteiger partial charge is 0.382 e. The smallest absolute Gasteiger partial charge is 0.267 e. The summed E-state index contributed by atoms with van der Waals surface area (Å²) < 4.78 is 30.3. The Labute approximate surface area is 190 Å². The Morgan fingerprint density at radius 3 is 2.45 bits per heavy atom. The molecular formula is C21H15ClF2N8O. The van der Waals surface area contributed by atoms with Crippen LogP contribution in [-0.2, 0) is 0 Å². The summed E-state index contributed by atoms with van der Waals surface area (Å²) in [6, 6.07) is 8.78. The molecule has 0 spiro atoms. The number of nitrogens with one attached hydrogen (secondary N) is 1. The molecule has 2 aromatic carbocycles. The molecule has 0 fully saturated rings. The number of nitriles is 1. The highest BCUT2D eigenvalue weighted by molar-refractivity contribution is 6.35. The minimum absolute atomic E-state index is 0.00833. The summed E-state index contributed by atoms with van der Waals surface area (Å²) in [6.45, 7) is 1.56. The van der Waals surface area contributed by atoms with E-state index in [0.29, 0.717) is 0 Å². The molecule has 0 saturated heterocycles. The molecule has 0 saturated carbocycles. The lowest BCUT2D eigenvalue weighted by molar-refractivity contribution is 0.558. The number of fused-ring (bicyclic) bond motifs is 1. The van der Waals surface area contributed by atoms with Gasteiger partial charge in [-0.25, -0.2) is 13.8 Å². The SMILES string of the molecule is CC(Nc1nc(N)nc(N)c1C#N)c1nc2cccc(Cl)c2c(=O)n1-c1c(F)cccc1F. The molecule has 9 nitrogen and oxygen atoms in total. The van der Waals surface area contributed by atoms with Gasteiger partial charge < -0.3 is 16.8 Å². The van der Waals surface area contributed by atoms with Gasteiger partial charge in [-0.1, -0.05) is 23.7 Å². The number of halogens is 3. The van der Waals surface area contributed by atoms with E-state index < -0.39 is 28.9 Å². The molecule has 12 heteroatoms. The van der Waals surface area contributed by atoms with Crippen LogP contribution in [0.3, 0.4) is 0 Å². The lowest BCUT2D eigenvalue weighted by atomic mass is 10.2. The molecule has 0 aliphatic heterocycles. The molecule has 0 aliphatic rings. The van der Waals surface area contributed by atoms with Crippen molar-refractivity contribution in [3.05, 3.63) is 74.8 Å². The van der Waals surface area contributed by atoms with Crippen molar-refractivity contribution in [2.24, 2.45) is 0 Å².